The lowest BCUT2D eigenvalue weighted by molar-refractivity contribution is -0.00100. The lowest BCUT2D eigenvalue weighted by Crippen LogP contribution is -3.00. The predicted molar refractivity (Wildman–Crippen MR) is 30.4 cm³/mol. The Kier molecular flexibility index (Phi) is 5350. The second-order valence-corrected chi connectivity index (χ2v) is 0. The molecule has 0 radical (unpaired) electrons. The third kappa shape index (κ3) is 227. The highest BCUT2D eigenvalue weighted by Crippen LogP contribution is 1.31. The average Bonchev–Trinajstić information content (AvgIpc) is 1.00. The molecule has 0 saturated heterocycles. The molecule has 78 valence electrons. The van der Waals surface area contributed by atoms with Gasteiger partial charge in [0.25, 0.3) is 0 Å². The van der Waals surface area contributed by atoms with E-state index in [-0.39, 0.29) is 91.1 Å². The van der Waals surface area contributed by atoms with Crippen LogP contribution < -0.4 is 60.4 Å². The molecule has 0 heterocycles. The van der Waals surface area contributed by atoms with E-state index in [4.69, 9.17) is 4.66 Å². The minimum Gasteiger partial charge on any atom is -1.00 e. The molecule has 0 aliphatic carbocycles. The van der Waals surface area contributed by atoms with Gasteiger partial charge >= 0.3 is 1.43 Å². The highest BCUT2D eigenvalue weighted by atomic mass is 127. The van der Waals surface area contributed by atoms with Crippen LogP contribution in [-0.4, -0.2) is 26.6 Å². The summed E-state index contributed by atoms with van der Waals surface area (Å²) in [7, 11) is 0. The molecule has 5 nitrogen and oxygen atoms in total. The molecule has 0 rings (SSSR count). The number of rotatable bonds is 0. The largest absolute Gasteiger partial charge is 1.00 e. The SMILES string of the molecule is C.O.O.O.O.OCl.[Cl-].[H+].[I-].[I-]. The fraction of sp³-hybridized carbons (Fsp3) is 1.00. The van der Waals surface area contributed by atoms with Gasteiger partial charge in [-0.05, 0) is 0 Å². The van der Waals surface area contributed by atoms with Crippen LogP contribution in [0.3, 0.4) is 0 Å². The van der Waals surface area contributed by atoms with Crippen molar-refractivity contribution >= 4 is 11.9 Å². The number of hydrogen-bond donors (Lipinski definition) is 1. The van der Waals surface area contributed by atoms with Gasteiger partial charge in [0, 0.05) is 0 Å². The van der Waals surface area contributed by atoms with E-state index in [1.54, 1.807) is 0 Å². The van der Waals surface area contributed by atoms with Gasteiger partial charge in [0.15, 0.2) is 0 Å². The lowest BCUT2D eigenvalue weighted by Gasteiger charge is -1.13. The lowest BCUT2D eigenvalue weighted by atomic mass is 12.0. The molecule has 0 amide bonds. The smallest absolute Gasteiger partial charge is 1.00 e. The molecule has 0 fully saturated rings. The summed E-state index contributed by atoms with van der Waals surface area (Å²) in [5.41, 5.74) is 0. The van der Waals surface area contributed by atoms with Crippen molar-refractivity contribution in [2.75, 3.05) is 0 Å². The van der Waals surface area contributed by atoms with Crippen LogP contribution in [0.4, 0.5) is 0 Å². The zero-order valence-electron chi connectivity index (χ0n) is 4.96. The van der Waals surface area contributed by atoms with Crippen molar-refractivity contribution in [3.63, 3.8) is 0 Å². The van der Waals surface area contributed by atoms with Gasteiger partial charge < -0.3 is 82.3 Å². The minimum atomic E-state index is 0. The van der Waals surface area contributed by atoms with E-state index >= 15 is 0 Å². The Hall–Kier alpha value is 1.84. The van der Waals surface area contributed by atoms with Crippen LogP contribution in [0.25, 0.3) is 0 Å². The fourth-order valence-electron chi connectivity index (χ4n) is 0. The molecule has 0 aliphatic rings. The Bertz CT molecular complexity index is 22.4. The Morgan fingerprint density at radius 1 is 0.800 bits per heavy atom. The third-order valence-corrected chi connectivity index (χ3v) is 0. The van der Waals surface area contributed by atoms with Crippen molar-refractivity contribution < 1.29 is 88.4 Å². The summed E-state index contributed by atoms with van der Waals surface area (Å²) in [4.78, 5) is 0. The summed E-state index contributed by atoms with van der Waals surface area (Å²) < 4.78 is 6.47. The van der Waals surface area contributed by atoms with E-state index < -0.39 is 0 Å². The predicted octanol–water partition coefficient (Wildman–Crippen LogP) is -11.4. The van der Waals surface area contributed by atoms with Gasteiger partial charge in [-0.1, -0.05) is 7.43 Å². The van der Waals surface area contributed by atoms with Crippen LogP contribution in [0.2, 0.25) is 0 Å². The van der Waals surface area contributed by atoms with E-state index in [0.717, 1.165) is 0 Å². The molecule has 0 aromatic heterocycles. The van der Waals surface area contributed by atoms with Gasteiger partial charge in [-0.2, -0.15) is 0 Å². The van der Waals surface area contributed by atoms with Gasteiger partial charge in [-0.25, -0.2) is 0 Å². The topological polar surface area (TPSA) is 146 Å². The molecule has 0 atom stereocenters. The van der Waals surface area contributed by atoms with Crippen LogP contribution in [0.1, 0.15) is 8.85 Å². The summed E-state index contributed by atoms with van der Waals surface area (Å²) in [5.74, 6) is 0. The van der Waals surface area contributed by atoms with Crippen LogP contribution in [0.5, 0.6) is 0 Å². The van der Waals surface area contributed by atoms with Crippen LogP contribution >= 0.6 is 11.9 Å². The fourth-order valence-corrected chi connectivity index (χ4v) is 0. The number of hydrogen-bond acceptors (Lipinski definition) is 1. The van der Waals surface area contributed by atoms with Crippen molar-refractivity contribution in [3.05, 3.63) is 0 Å². The molecule has 0 aromatic carbocycles. The second kappa shape index (κ2) is 310. The first-order valence-electron chi connectivity index (χ1n) is 0.169. The van der Waals surface area contributed by atoms with Crippen molar-refractivity contribution in [2.45, 2.75) is 7.43 Å². The molecule has 0 aromatic rings. The molecule has 0 bridgehead atoms. The Morgan fingerprint density at radius 2 is 0.800 bits per heavy atom. The van der Waals surface area contributed by atoms with Gasteiger partial charge in [-0.15, -0.1) is 0 Å². The maximum atomic E-state index is 6.47. The van der Waals surface area contributed by atoms with Crippen LogP contribution in [0.15, 0.2) is 0 Å². The van der Waals surface area contributed by atoms with E-state index in [1.807, 2.05) is 0 Å². The Balaban J connectivity index is -0.000000000139. The first-order chi connectivity index (χ1) is 1.00. The second-order valence-electron chi connectivity index (χ2n) is 0. The van der Waals surface area contributed by atoms with Crippen LogP contribution in [-0.2, 0) is 0 Å². The molecule has 0 saturated carbocycles. The summed E-state index contributed by atoms with van der Waals surface area (Å²) in [6, 6.07) is 0. The molecule has 10 heavy (non-hydrogen) atoms. The summed E-state index contributed by atoms with van der Waals surface area (Å²) in [5, 5.41) is 0. The maximum Gasteiger partial charge on any atom is 1.00 e. The summed E-state index contributed by atoms with van der Waals surface area (Å²) >= 11 is 3.64. The third-order valence-electron chi connectivity index (χ3n) is 0. The van der Waals surface area contributed by atoms with E-state index in [0.29, 0.717) is 0 Å². The van der Waals surface area contributed by atoms with E-state index in [9.17, 15) is 0 Å². The first-order valence-corrected chi connectivity index (χ1v) is 0.507. The molecule has 9 N–H and O–H groups in total. The Labute approximate surface area is 107 Å². The van der Waals surface area contributed by atoms with E-state index in [2.05, 4.69) is 11.9 Å². The normalized spacial score (nSPS) is 0.600. The zero-order chi connectivity index (χ0) is 2.00. The van der Waals surface area contributed by atoms with Crippen molar-refractivity contribution in [1.82, 2.24) is 0 Å². The molecule has 9 heteroatoms. The van der Waals surface area contributed by atoms with Gasteiger partial charge in [0.1, 0.15) is 0 Å². The molecular formula is CH14Cl2I2O5-2. The summed E-state index contributed by atoms with van der Waals surface area (Å²) in [6.45, 7) is 0. The van der Waals surface area contributed by atoms with Crippen molar-refractivity contribution in [1.29, 1.82) is 0 Å². The standard InChI is InChI=1S/CH4.ClHO.ClH.2HI.4H2O/c;1-2;;;;;;;/h1H4;2H;3*1H;4*1H2/p-2. The quantitative estimate of drug-likeness (QED) is 0.374. The maximum absolute atomic E-state index is 6.47. The van der Waals surface area contributed by atoms with Gasteiger partial charge in [0.05, 0.1) is 11.9 Å². The molecule has 0 spiro atoms. The van der Waals surface area contributed by atoms with E-state index in [1.165, 1.54) is 0 Å². The molecule has 0 aliphatic heterocycles. The molecular weight excluding hydrogens is 417 g/mol. The highest BCUT2D eigenvalue weighted by molar-refractivity contribution is 6.04. The zero-order valence-corrected chi connectivity index (χ0v) is 9.79. The average molecular weight is 431 g/mol. The monoisotopic (exact) mass is 430 g/mol. The van der Waals surface area contributed by atoms with Crippen molar-refractivity contribution in [3.8, 4) is 0 Å². The highest BCUT2D eigenvalue weighted by Gasteiger charge is 0.897. The first kappa shape index (κ1) is 172. The van der Waals surface area contributed by atoms with Gasteiger partial charge in [0.2, 0.25) is 0 Å². The minimum absolute atomic E-state index is 0. The molecule has 0 unspecified atom stereocenters. The van der Waals surface area contributed by atoms with Crippen molar-refractivity contribution in [2.24, 2.45) is 0 Å². The Morgan fingerprint density at radius 3 is 0.800 bits per heavy atom. The summed E-state index contributed by atoms with van der Waals surface area (Å²) in [6.07, 6.45) is 0. The van der Waals surface area contributed by atoms with Crippen LogP contribution in [0, 0.1) is 0 Å². The van der Waals surface area contributed by atoms with Gasteiger partial charge in [-0.3, -0.25) is 4.66 Å². The number of halogens is 4.